The van der Waals surface area contributed by atoms with Gasteiger partial charge in [-0.2, -0.15) is 5.10 Å². The van der Waals surface area contributed by atoms with Crippen molar-refractivity contribution in [2.24, 2.45) is 0 Å². The summed E-state index contributed by atoms with van der Waals surface area (Å²) in [5.74, 6) is -1.19. The van der Waals surface area contributed by atoms with Crippen LogP contribution in [-0.2, 0) is 6.54 Å². The maximum absolute atomic E-state index is 13.7. The van der Waals surface area contributed by atoms with Crippen LogP contribution in [-0.4, -0.2) is 40.9 Å². The summed E-state index contributed by atoms with van der Waals surface area (Å²) >= 11 is 0. The lowest BCUT2D eigenvalue weighted by molar-refractivity contribution is 0.280. The molecule has 0 unspecified atom stereocenters. The fraction of sp³-hybridized carbons (Fsp3) is 0.400. The third kappa shape index (κ3) is 4.03. The Kier molecular flexibility index (Phi) is 5.88. The number of nitrogens with zero attached hydrogens (tertiary/aromatic N) is 3. The van der Waals surface area contributed by atoms with Crippen molar-refractivity contribution in [1.82, 2.24) is 20.0 Å². The summed E-state index contributed by atoms with van der Waals surface area (Å²) in [4.78, 5) is 2.33. The van der Waals surface area contributed by atoms with Crippen LogP contribution in [0.15, 0.2) is 30.5 Å². The second kappa shape index (κ2) is 7.67. The Bertz CT molecular complexity index is 609. The molecule has 22 heavy (non-hydrogen) atoms. The summed E-state index contributed by atoms with van der Waals surface area (Å²) < 4.78 is 28.1. The summed E-state index contributed by atoms with van der Waals surface area (Å²) in [6.07, 6.45) is 2.83. The molecule has 0 aliphatic carbocycles. The predicted molar refractivity (Wildman–Crippen MR) is 83.5 cm³/mol. The predicted octanol–water partition coefficient (Wildman–Crippen LogP) is 2.37. The minimum Gasteiger partial charge on any atom is -0.315 e. The zero-order valence-corrected chi connectivity index (χ0v) is 13.0. The van der Waals surface area contributed by atoms with Crippen LogP contribution in [0.1, 0.15) is 12.1 Å². The van der Waals surface area contributed by atoms with E-state index >= 15 is 0 Å². The Hall–Kier alpha value is -1.50. The van der Waals surface area contributed by atoms with Gasteiger partial charge < -0.3 is 5.32 Å². The lowest BCUT2D eigenvalue weighted by Crippen LogP contribution is -2.27. The molecule has 0 saturated carbocycles. The van der Waals surface area contributed by atoms with E-state index in [0.717, 1.165) is 50.9 Å². The molecule has 0 bridgehead atoms. The van der Waals surface area contributed by atoms with Crippen LogP contribution >= 0.6 is 12.4 Å². The third-order valence-corrected chi connectivity index (χ3v) is 3.62. The van der Waals surface area contributed by atoms with Crippen LogP contribution in [0.4, 0.5) is 8.78 Å². The summed E-state index contributed by atoms with van der Waals surface area (Å²) in [6, 6.07) is 5.38. The number of rotatable bonds is 3. The van der Waals surface area contributed by atoms with Gasteiger partial charge in [0.15, 0.2) is 5.82 Å². The van der Waals surface area contributed by atoms with Gasteiger partial charge in [0.2, 0.25) is 0 Å². The number of aromatic nitrogens is 2. The maximum Gasteiger partial charge on any atom is 0.151 e. The van der Waals surface area contributed by atoms with E-state index < -0.39 is 11.6 Å². The van der Waals surface area contributed by atoms with Gasteiger partial charge in [-0.25, -0.2) is 13.5 Å². The van der Waals surface area contributed by atoms with Crippen molar-refractivity contribution >= 4 is 12.4 Å². The first-order valence-electron chi connectivity index (χ1n) is 7.15. The van der Waals surface area contributed by atoms with Crippen LogP contribution in [0.5, 0.6) is 0 Å². The van der Waals surface area contributed by atoms with Crippen molar-refractivity contribution in [3.05, 3.63) is 47.8 Å². The number of hydrogen-bond acceptors (Lipinski definition) is 3. The molecule has 1 aliphatic rings. The van der Waals surface area contributed by atoms with Gasteiger partial charge >= 0.3 is 0 Å². The van der Waals surface area contributed by atoms with E-state index in [1.165, 1.54) is 16.8 Å². The minimum atomic E-state index is -0.608. The number of benzene rings is 1. The molecule has 0 atom stereocenters. The van der Waals surface area contributed by atoms with E-state index in [1.54, 1.807) is 6.20 Å². The van der Waals surface area contributed by atoms with Crippen molar-refractivity contribution in [3.63, 3.8) is 0 Å². The molecule has 1 fully saturated rings. The Balaban J connectivity index is 0.00000176. The van der Waals surface area contributed by atoms with Crippen LogP contribution in [0.25, 0.3) is 5.69 Å². The molecule has 0 spiro atoms. The van der Waals surface area contributed by atoms with E-state index in [0.29, 0.717) is 0 Å². The zero-order valence-electron chi connectivity index (χ0n) is 12.1. The average Bonchev–Trinajstić information content (AvgIpc) is 2.75. The molecule has 2 heterocycles. The van der Waals surface area contributed by atoms with Gasteiger partial charge in [-0.3, -0.25) is 4.90 Å². The van der Waals surface area contributed by atoms with Gasteiger partial charge in [-0.15, -0.1) is 12.4 Å². The second-order valence-electron chi connectivity index (χ2n) is 5.23. The topological polar surface area (TPSA) is 33.1 Å². The van der Waals surface area contributed by atoms with Gasteiger partial charge in [0.05, 0.1) is 5.69 Å². The number of nitrogens with one attached hydrogen (secondary N) is 1. The molecule has 0 radical (unpaired) electrons. The quantitative estimate of drug-likeness (QED) is 0.939. The molecule has 1 aliphatic heterocycles. The molecule has 2 aromatic rings. The SMILES string of the molecule is Cl.Fc1ccc(-n2ccc(CN3CCCNCC3)n2)c(F)c1. The Labute approximate surface area is 134 Å². The molecule has 3 rings (SSSR count). The molecule has 0 amide bonds. The number of halogens is 3. The molecule has 7 heteroatoms. The molecular weight excluding hydrogens is 310 g/mol. The summed E-state index contributed by atoms with van der Waals surface area (Å²) in [7, 11) is 0. The highest BCUT2D eigenvalue weighted by Gasteiger charge is 2.12. The first kappa shape index (κ1) is 16.9. The van der Waals surface area contributed by atoms with Crippen molar-refractivity contribution in [2.45, 2.75) is 13.0 Å². The van der Waals surface area contributed by atoms with Gasteiger partial charge in [0, 0.05) is 31.9 Å². The summed E-state index contributed by atoms with van der Waals surface area (Å²) in [5.41, 5.74) is 1.15. The Morgan fingerprint density at radius 2 is 2.00 bits per heavy atom. The van der Waals surface area contributed by atoms with E-state index in [2.05, 4.69) is 15.3 Å². The van der Waals surface area contributed by atoms with E-state index in [4.69, 9.17) is 0 Å². The molecule has 4 nitrogen and oxygen atoms in total. The van der Waals surface area contributed by atoms with Crippen LogP contribution in [0, 0.1) is 11.6 Å². The smallest absolute Gasteiger partial charge is 0.151 e. The van der Waals surface area contributed by atoms with E-state index in [9.17, 15) is 8.78 Å². The maximum atomic E-state index is 13.7. The monoisotopic (exact) mass is 328 g/mol. The third-order valence-electron chi connectivity index (χ3n) is 3.62. The van der Waals surface area contributed by atoms with Crippen LogP contribution in [0.2, 0.25) is 0 Å². The summed E-state index contributed by atoms with van der Waals surface area (Å²) in [5, 5.41) is 7.74. The lowest BCUT2D eigenvalue weighted by atomic mass is 10.3. The van der Waals surface area contributed by atoms with E-state index in [1.807, 2.05) is 6.07 Å². The Morgan fingerprint density at radius 3 is 2.82 bits per heavy atom. The average molecular weight is 329 g/mol. The normalized spacial score (nSPS) is 16.1. The fourth-order valence-electron chi connectivity index (χ4n) is 2.54. The zero-order chi connectivity index (χ0) is 14.7. The Morgan fingerprint density at radius 1 is 1.14 bits per heavy atom. The van der Waals surface area contributed by atoms with Crippen molar-refractivity contribution in [3.8, 4) is 5.69 Å². The van der Waals surface area contributed by atoms with Gasteiger partial charge in [0.25, 0.3) is 0 Å². The van der Waals surface area contributed by atoms with Crippen molar-refractivity contribution in [2.75, 3.05) is 26.2 Å². The summed E-state index contributed by atoms with van der Waals surface area (Å²) in [6.45, 7) is 4.79. The van der Waals surface area contributed by atoms with Crippen molar-refractivity contribution < 1.29 is 8.78 Å². The molecule has 120 valence electrons. The van der Waals surface area contributed by atoms with Crippen molar-refractivity contribution in [1.29, 1.82) is 0 Å². The standard InChI is InChI=1S/C15H18F2N4.ClH/c16-12-2-3-15(14(17)10-12)21-8-4-13(19-21)11-20-7-1-5-18-6-9-20;/h2-4,8,10,18H,1,5-7,9,11H2;1H. The highest BCUT2D eigenvalue weighted by atomic mass is 35.5. The first-order valence-corrected chi connectivity index (χ1v) is 7.15. The fourth-order valence-corrected chi connectivity index (χ4v) is 2.54. The largest absolute Gasteiger partial charge is 0.315 e. The highest BCUT2D eigenvalue weighted by Crippen LogP contribution is 2.15. The second-order valence-corrected chi connectivity index (χ2v) is 5.23. The van der Waals surface area contributed by atoms with Crippen LogP contribution < -0.4 is 5.32 Å². The van der Waals surface area contributed by atoms with Crippen LogP contribution in [0.3, 0.4) is 0 Å². The number of hydrogen-bond donors (Lipinski definition) is 1. The molecule has 1 aromatic heterocycles. The van der Waals surface area contributed by atoms with Gasteiger partial charge in [-0.05, 0) is 37.7 Å². The molecular formula is C15H19ClF2N4. The van der Waals surface area contributed by atoms with Gasteiger partial charge in [0.1, 0.15) is 11.5 Å². The minimum absolute atomic E-state index is 0. The lowest BCUT2D eigenvalue weighted by Gasteiger charge is -2.17. The highest BCUT2D eigenvalue weighted by molar-refractivity contribution is 5.85. The molecule has 1 aromatic carbocycles. The molecule has 1 N–H and O–H groups in total. The van der Waals surface area contributed by atoms with Gasteiger partial charge in [-0.1, -0.05) is 0 Å². The first-order chi connectivity index (χ1) is 10.2. The molecule has 1 saturated heterocycles. The van der Waals surface area contributed by atoms with E-state index in [-0.39, 0.29) is 18.1 Å².